The standard InChI is InChI=1S/C21H18N4O5S2/c1-2-29-15-9-12(11-22-25-20-23-13-5-3-4-6-16(13)31-20)7-8-14(15)30-18(26)10-17-19(27)24-21(28)32-17/h3-9,11,17H,2,10H2,1H3,(H,23,25)(H,24,27,28)/b22-11+. The molecule has 0 radical (unpaired) electrons. The number of thioether (sulfide) groups is 1. The van der Waals surface area contributed by atoms with Crippen LogP contribution in [0.4, 0.5) is 9.93 Å². The molecule has 2 N–H and O–H groups in total. The van der Waals surface area contributed by atoms with Crippen LogP contribution in [-0.4, -0.2) is 40.2 Å². The quantitative estimate of drug-likeness (QED) is 0.221. The summed E-state index contributed by atoms with van der Waals surface area (Å²) < 4.78 is 12.0. The molecule has 2 heterocycles. The lowest BCUT2D eigenvalue weighted by Crippen LogP contribution is -2.27. The van der Waals surface area contributed by atoms with Gasteiger partial charge in [-0.3, -0.25) is 25.1 Å². The van der Waals surface area contributed by atoms with Crippen molar-refractivity contribution >= 4 is 61.8 Å². The molecule has 11 heteroatoms. The monoisotopic (exact) mass is 470 g/mol. The summed E-state index contributed by atoms with van der Waals surface area (Å²) in [6.45, 7) is 2.18. The zero-order valence-corrected chi connectivity index (χ0v) is 18.5. The summed E-state index contributed by atoms with van der Waals surface area (Å²) in [6, 6.07) is 12.8. The number of amides is 2. The van der Waals surface area contributed by atoms with Crippen LogP contribution in [0.15, 0.2) is 47.6 Å². The van der Waals surface area contributed by atoms with Crippen molar-refractivity contribution in [1.82, 2.24) is 10.3 Å². The van der Waals surface area contributed by atoms with Gasteiger partial charge in [0.2, 0.25) is 11.0 Å². The van der Waals surface area contributed by atoms with Crippen molar-refractivity contribution in [2.24, 2.45) is 5.10 Å². The number of para-hydroxylation sites is 1. The van der Waals surface area contributed by atoms with Gasteiger partial charge in [0.15, 0.2) is 11.5 Å². The number of hydrazone groups is 1. The minimum absolute atomic E-state index is 0.219. The van der Waals surface area contributed by atoms with Crippen molar-refractivity contribution in [2.45, 2.75) is 18.6 Å². The van der Waals surface area contributed by atoms with Gasteiger partial charge in [-0.2, -0.15) is 5.10 Å². The first-order valence-corrected chi connectivity index (χ1v) is 11.3. The maximum Gasteiger partial charge on any atom is 0.312 e. The summed E-state index contributed by atoms with van der Waals surface area (Å²) >= 11 is 2.27. The normalized spacial score (nSPS) is 15.8. The number of carbonyl (C=O) groups is 3. The number of esters is 1. The number of imide groups is 1. The number of benzene rings is 2. The minimum atomic E-state index is -0.787. The van der Waals surface area contributed by atoms with Gasteiger partial charge < -0.3 is 9.47 Å². The predicted molar refractivity (Wildman–Crippen MR) is 124 cm³/mol. The molecule has 2 amide bonds. The Morgan fingerprint density at radius 3 is 2.84 bits per heavy atom. The minimum Gasteiger partial charge on any atom is -0.490 e. The van der Waals surface area contributed by atoms with Crippen LogP contribution in [0.2, 0.25) is 0 Å². The second kappa shape index (κ2) is 9.79. The number of hydrogen-bond acceptors (Lipinski definition) is 10. The van der Waals surface area contributed by atoms with Crippen LogP contribution in [-0.2, 0) is 9.59 Å². The molecule has 1 aliphatic rings. The van der Waals surface area contributed by atoms with Gasteiger partial charge in [0.25, 0.3) is 5.24 Å². The molecular formula is C21H18N4O5S2. The molecule has 2 aromatic carbocycles. The predicted octanol–water partition coefficient (Wildman–Crippen LogP) is 3.79. The third-order valence-electron chi connectivity index (χ3n) is 4.28. The van der Waals surface area contributed by atoms with E-state index in [-0.39, 0.29) is 12.2 Å². The molecule has 1 fully saturated rings. The van der Waals surface area contributed by atoms with Gasteiger partial charge in [-0.1, -0.05) is 35.2 Å². The number of carbonyl (C=O) groups excluding carboxylic acids is 3. The van der Waals surface area contributed by atoms with Gasteiger partial charge in [0.1, 0.15) is 5.25 Å². The number of anilines is 1. The Kier molecular flexibility index (Phi) is 6.66. The van der Waals surface area contributed by atoms with E-state index in [4.69, 9.17) is 9.47 Å². The summed E-state index contributed by atoms with van der Waals surface area (Å²) in [4.78, 5) is 39.6. The first-order chi connectivity index (χ1) is 15.5. The molecule has 1 aliphatic heterocycles. The van der Waals surface area contributed by atoms with Crippen LogP contribution in [0.5, 0.6) is 11.5 Å². The molecule has 0 spiro atoms. The van der Waals surface area contributed by atoms with E-state index < -0.39 is 22.4 Å². The van der Waals surface area contributed by atoms with Crippen LogP contribution in [0.1, 0.15) is 18.9 Å². The van der Waals surface area contributed by atoms with Crippen LogP contribution < -0.4 is 20.2 Å². The Hall–Kier alpha value is -3.44. The molecular weight excluding hydrogens is 452 g/mol. The van der Waals surface area contributed by atoms with Crippen molar-refractivity contribution in [3.63, 3.8) is 0 Å². The smallest absolute Gasteiger partial charge is 0.312 e. The number of aromatic nitrogens is 1. The second-order valence-corrected chi connectivity index (χ2v) is 8.76. The average Bonchev–Trinajstić information content (AvgIpc) is 3.31. The van der Waals surface area contributed by atoms with Gasteiger partial charge >= 0.3 is 5.97 Å². The third kappa shape index (κ3) is 5.24. The lowest BCUT2D eigenvalue weighted by molar-refractivity contribution is -0.136. The first-order valence-electron chi connectivity index (χ1n) is 9.65. The van der Waals surface area contributed by atoms with E-state index in [0.717, 1.165) is 27.5 Å². The van der Waals surface area contributed by atoms with Crippen LogP contribution in [0.25, 0.3) is 10.2 Å². The van der Waals surface area contributed by atoms with E-state index in [0.29, 0.717) is 17.5 Å². The van der Waals surface area contributed by atoms with Crippen molar-refractivity contribution in [3.05, 3.63) is 48.0 Å². The number of rotatable bonds is 8. The Morgan fingerprint density at radius 1 is 1.25 bits per heavy atom. The van der Waals surface area contributed by atoms with E-state index in [1.807, 2.05) is 31.2 Å². The number of nitrogens with one attached hydrogen (secondary N) is 2. The summed E-state index contributed by atoms with van der Waals surface area (Å²) in [5.74, 6) is -0.534. The van der Waals surface area contributed by atoms with Gasteiger partial charge in [0.05, 0.1) is 29.5 Å². The third-order valence-corrected chi connectivity index (χ3v) is 6.20. The Labute approximate surface area is 191 Å². The average molecular weight is 471 g/mol. The highest BCUT2D eigenvalue weighted by Gasteiger charge is 2.34. The highest BCUT2D eigenvalue weighted by Crippen LogP contribution is 2.30. The molecule has 1 atom stereocenters. The zero-order chi connectivity index (χ0) is 22.5. The molecule has 9 nitrogen and oxygen atoms in total. The van der Waals surface area contributed by atoms with Crippen molar-refractivity contribution in [2.75, 3.05) is 12.0 Å². The fourth-order valence-corrected chi connectivity index (χ4v) is 4.50. The lowest BCUT2D eigenvalue weighted by atomic mass is 10.2. The summed E-state index contributed by atoms with van der Waals surface area (Å²) in [5, 5.41) is 5.77. The molecule has 1 unspecified atom stereocenters. The molecule has 164 valence electrons. The largest absolute Gasteiger partial charge is 0.490 e. The Balaban J connectivity index is 1.41. The van der Waals surface area contributed by atoms with E-state index in [2.05, 4.69) is 20.8 Å². The fraction of sp³-hybridized carbons (Fsp3) is 0.190. The second-order valence-electron chi connectivity index (χ2n) is 6.56. The zero-order valence-electron chi connectivity index (χ0n) is 16.9. The van der Waals surface area contributed by atoms with E-state index in [9.17, 15) is 14.4 Å². The van der Waals surface area contributed by atoms with Crippen LogP contribution in [0.3, 0.4) is 0 Å². The molecule has 1 aromatic heterocycles. The number of fused-ring (bicyclic) bond motifs is 1. The van der Waals surface area contributed by atoms with E-state index in [1.165, 1.54) is 11.3 Å². The Morgan fingerprint density at radius 2 is 2.09 bits per heavy atom. The highest BCUT2D eigenvalue weighted by molar-refractivity contribution is 8.15. The molecule has 1 saturated heterocycles. The van der Waals surface area contributed by atoms with Crippen molar-refractivity contribution in [1.29, 1.82) is 0 Å². The molecule has 4 rings (SSSR count). The van der Waals surface area contributed by atoms with E-state index >= 15 is 0 Å². The summed E-state index contributed by atoms with van der Waals surface area (Å²) in [7, 11) is 0. The summed E-state index contributed by atoms with van der Waals surface area (Å²) in [5.41, 5.74) is 4.53. The SMILES string of the molecule is CCOc1cc(/C=N/Nc2nc3ccccc3s2)ccc1OC(=O)CC1SC(=O)NC1=O. The van der Waals surface area contributed by atoms with Gasteiger partial charge in [-0.15, -0.1) is 0 Å². The molecule has 0 bridgehead atoms. The van der Waals surface area contributed by atoms with Gasteiger partial charge in [-0.25, -0.2) is 4.98 Å². The van der Waals surface area contributed by atoms with Gasteiger partial charge in [-0.05, 0) is 42.8 Å². The number of ether oxygens (including phenoxy) is 2. The van der Waals surface area contributed by atoms with Crippen LogP contribution in [0, 0.1) is 0 Å². The topological polar surface area (TPSA) is 119 Å². The number of nitrogens with zero attached hydrogens (tertiary/aromatic N) is 2. The van der Waals surface area contributed by atoms with Crippen LogP contribution >= 0.6 is 23.1 Å². The number of hydrogen-bond donors (Lipinski definition) is 2. The van der Waals surface area contributed by atoms with E-state index in [1.54, 1.807) is 24.4 Å². The lowest BCUT2D eigenvalue weighted by Gasteiger charge is -2.12. The fourth-order valence-electron chi connectivity index (χ4n) is 2.88. The Bertz CT molecular complexity index is 1180. The van der Waals surface area contributed by atoms with Crippen molar-refractivity contribution < 1.29 is 23.9 Å². The molecule has 0 saturated carbocycles. The first kappa shape index (κ1) is 21.8. The maximum atomic E-state index is 12.2. The van der Waals surface area contributed by atoms with Crippen molar-refractivity contribution in [3.8, 4) is 11.5 Å². The molecule has 3 aromatic rings. The maximum absolute atomic E-state index is 12.2. The molecule has 0 aliphatic carbocycles. The summed E-state index contributed by atoms with van der Waals surface area (Å²) in [6.07, 6.45) is 1.38. The van der Waals surface area contributed by atoms with Gasteiger partial charge in [0, 0.05) is 0 Å². The number of thiazole rings is 1. The highest BCUT2D eigenvalue weighted by atomic mass is 32.2. The molecule has 32 heavy (non-hydrogen) atoms.